The molecule has 0 radical (unpaired) electrons. The highest BCUT2D eigenvalue weighted by Gasteiger charge is 2.16. The molecule has 2 heteroatoms. The number of nitrogens with two attached hydrogens (primary N) is 1. The Morgan fingerprint density at radius 3 is 2.06 bits per heavy atom. The second kappa shape index (κ2) is 12.4. The van der Waals surface area contributed by atoms with Gasteiger partial charge in [0.15, 0.2) is 0 Å². The Labute approximate surface area is 108 Å². The Bertz CT molecular complexity index is 144. The van der Waals surface area contributed by atoms with E-state index in [4.69, 9.17) is 10.5 Å². The van der Waals surface area contributed by atoms with Crippen molar-refractivity contribution in [2.45, 2.75) is 90.7 Å². The molecule has 0 aromatic carbocycles. The van der Waals surface area contributed by atoms with E-state index in [2.05, 4.69) is 20.8 Å². The fourth-order valence-electron chi connectivity index (χ4n) is 2.27. The summed E-state index contributed by atoms with van der Waals surface area (Å²) in [6, 6.07) is 0.237. The Balaban J connectivity index is 3.55. The van der Waals surface area contributed by atoms with Crippen LogP contribution in [0.5, 0.6) is 0 Å². The first kappa shape index (κ1) is 16.9. The normalized spacial score (nSPS) is 14.8. The molecule has 0 rings (SSSR count). The van der Waals surface area contributed by atoms with E-state index >= 15 is 0 Å². The molecular formula is C15H33NO. The van der Waals surface area contributed by atoms with Gasteiger partial charge in [-0.1, -0.05) is 58.8 Å². The molecule has 0 bridgehead atoms. The van der Waals surface area contributed by atoms with Gasteiger partial charge < -0.3 is 10.5 Å². The lowest BCUT2D eigenvalue weighted by molar-refractivity contribution is 0.0352. The number of ether oxygens (including phenoxy) is 1. The molecule has 0 aliphatic heterocycles. The number of hydrogen-bond acceptors (Lipinski definition) is 2. The van der Waals surface area contributed by atoms with Gasteiger partial charge in [-0.15, -0.1) is 0 Å². The average molecular weight is 243 g/mol. The number of rotatable bonds is 12. The van der Waals surface area contributed by atoms with Gasteiger partial charge in [-0.2, -0.15) is 0 Å². The molecule has 0 spiro atoms. The Morgan fingerprint density at radius 1 is 0.824 bits per heavy atom. The second-order valence-electron chi connectivity index (χ2n) is 5.00. The molecule has 2 unspecified atom stereocenters. The summed E-state index contributed by atoms with van der Waals surface area (Å²) in [5.41, 5.74) is 6.21. The van der Waals surface area contributed by atoms with Crippen molar-refractivity contribution in [3.8, 4) is 0 Å². The molecular weight excluding hydrogens is 210 g/mol. The van der Waals surface area contributed by atoms with Crippen LogP contribution in [0.1, 0.15) is 78.6 Å². The molecule has 0 aromatic rings. The average Bonchev–Trinajstić information content (AvgIpc) is 2.33. The van der Waals surface area contributed by atoms with Crippen molar-refractivity contribution in [2.75, 3.05) is 6.61 Å². The first-order chi connectivity index (χ1) is 8.26. The van der Waals surface area contributed by atoms with Gasteiger partial charge in [-0.05, 0) is 19.8 Å². The molecule has 0 heterocycles. The maximum atomic E-state index is 6.21. The minimum absolute atomic E-state index is 0.237. The van der Waals surface area contributed by atoms with Crippen LogP contribution in [0, 0.1) is 0 Å². The quantitative estimate of drug-likeness (QED) is 0.520. The summed E-state index contributed by atoms with van der Waals surface area (Å²) in [4.78, 5) is 0. The zero-order valence-corrected chi connectivity index (χ0v) is 12.2. The Morgan fingerprint density at radius 2 is 1.47 bits per heavy atom. The molecule has 2 N–H and O–H groups in total. The smallest absolute Gasteiger partial charge is 0.0725 e. The van der Waals surface area contributed by atoms with Crippen molar-refractivity contribution < 1.29 is 4.74 Å². The lowest BCUT2D eigenvalue weighted by atomic mass is 10.00. The van der Waals surface area contributed by atoms with Crippen LogP contribution >= 0.6 is 0 Å². The zero-order valence-electron chi connectivity index (χ0n) is 12.2. The summed E-state index contributed by atoms with van der Waals surface area (Å²) in [7, 11) is 0. The van der Waals surface area contributed by atoms with E-state index in [1.165, 1.54) is 38.5 Å². The van der Waals surface area contributed by atoms with E-state index in [0.29, 0.717) is 0 Å². The molecule has 0 aliphatic rings. The maximum absolute atomic E-state index is 6.21. The third kappa shape index (κ3) is 9.61. The highest BCUT2D eigenvalue weighted by molar-refractivity contribution is 4.73. The summed E-state index contributed by atoms with van der Waals surface area (Å²) < 4.78 is 5.71. The van der Waals surface area contributed by atoms with Crippen molar-refractivity contribution in [2.24, 2.45) is 5.73 Å². The summed E-state index contributed by atoms with van der Waals surface area (Å²) in [5.74, 6) is 0. The summed E-state index contributed by atoms with van der Waals surface area (Å²) in [5, 5.41) is 0. The lowest BCUT2D eigenvalue weighted by Gasteiger charge is -2.23. The third-order valence-electron chi connectivity index (χ3n) is 3.32. The summed E-state index contributed by atoms with van der Waals surface area (Å²) in [6.45, 7) is 7.30. The van der Waals surface area contributed by atoms with Crippen LogP contribution < -0.4 is 5.73 Å². The van der Waals surface area contributed by atoms with Gasteiger partial charge in [-0.3, -0.25) is 0 Å². The molecule has 17 heavy (non-hydrogen) atoms. The largest absolute Gasteiger partial charge is 0.377 e. The number of unbranched alkanes of at least 4 members (excludes halogenated alkanes) is 5. The van der Waals surface area contributed by atoms with Gasteiger partial charge in [0.25, 0.3) is 0 Å². The Kier molecular flexibility index (Phi) is 12.3. The van der Waals surface area contributed by atoms with E-state index in [9.17, 15) is 0 Å². The van der Waals surface area contributed by atoms with Crippen molar-refractivity contribution >= 4 is 0 Å². The van der Waals surface area contributed by atoms with Crippen LogP contribution in [0.2, 0.25) is 0 Å². The first-order valence-electron chi connectivity index (χ1n) is 7.63. The zero-order chi connectivity index (χ0) is 12.9. The van der Waals surface area contributed by atoms with E-state index in [0.717, 1.165) is 25.9 Å². The van der Waals surface area contributed by atoms with Gasteiger partial charge in [0.1, 0.15) is 0 Å². The molecule has 0 amide bonds. The first-order valence-corrected chi connectivity index (χ1v) is 7.63. The van der Waals surface area contributed by atoms with Gasteiger partial charge in [0.05, 0.1) is 6.10 Å². The Hall–Kier alpha value is -0.0800. The van der Waals surface area contributed by atoms with Gasteiger partial charge >= 0.3 is 0 Å². The molecule has 0 aromatic heterocycles. The molecule has 0 saturated heterocycles. The molecule has 0 fully saturated rings. The fourth-order valence-corrected chi connectivity index (χ4v) is 2.27. The van der Waals surface area contributed by atoms with Crippen LogP contribution in [-0.4, -0.2) is 18.8 Å². The number of hydrogen-bond donors (Lipinski definition) is 1. The van der Waals surface area contributed by atoms with Crippen LogP contribution in [0.15, 0.2) is 0 Å². The highest BCUT2D eigenvalue weighted by Crippen LogP contribution is 2.13. The van der Waals surface area contributed by atoms with Crippen molar-refractivity contribution in [3.05, 3.63) is 0 Å². The summed E-state index contributed by atoms with van der Waals surface area (Å²) >= 11 is 0. The fraction of sp³-hybridized carbons (Fsp3) is 1.00. The second-order valence-corrected chi connectivity index (χ2v) is 5.00. The van der Waals surface area contributed by atoms with Crippen molar-refractivity contribution in [1.82, 2.24) is 0 Å². The highest BCUT2D eigenvalue weighted by atomic mass is 16.5. The standard InChI is InChI=1S/C15H33NO/c1-4-7-8-9-10-11-13-14(16)15(12-5-2)17-6-3/h14-15H,4-13,16H2,1-3H3. The molecule has 0 aliphatic carbocycles. The van der Waals surface area contributed by atoms with Crippen LogP contribution in [0.4, 0.5) is 0 Å². The third-order valence-corrected chi connectivity index (χ3v) is 3.32. The monoisotopic (exact) mass is 243 g/mol. The topological polar surface area (TPSA) is 35.2 Å². The van der Waals surface area contributed by atoms with E-state index in [1.54, 1.807) is 0 Å². The van der Waals surface area contributed by atoms with E-state index in [-0.39, 0.29) is 12.1 Å². The van der Waals surface area contributed by atoms with E-state index in [1.807, 2.05) is 0 Å². The van der Waals surface area contributed by atoms with Crippen molar-refractivity contribution in [3.63, 3.8) is 0 Å². The molecule has 104 valence electrons. The van der Waals surface area contributed by atoms with Crippen LogP contribution in [0.25, 0.3) is 0 Å². The minimum Gasteiger partial charge on any atom is -0.377 e. The predicted octanol–water partition coefficient (Wildman–Crippen LogP) is 4.27. The molecule has 0 saturated carbocycles. The summed E-state index contributed by atoms with van der Waals surface area (Å²) in [6.07, 6.45) is 11.7. The van der Waals surface area contributed by atoms with Gasteiger partial charge in [-0.25, -0.2) is 0 Å². The van der Waals surface area contributed by atoms with Gasteiger partial charge in [0, 0.05) is 12.6 Å². The van der Waals surface area contributed by atoms with Crippen LogP contribution in [-0.2, 0) is 4.74 Å². The SMILES string of the molecule is CCCCCCCCC(N)C(CCC)OCC. The van der Waals surface area contributed by atoms with Crippen molar-refractivity contribution in [1.29, 1.82) is 0 Å². The predicted molar refractivity (Wildman–Crippen MR) is 76.3 cm³/mol. The molecule has 2 nitrogen and oxygen atoms in total. The van der Waals surface area contributed by atoms with Gasteiger partial charge in [0.2, 0.25) is 0 Å². The molecule has 2 atom stereocenters. The van der Waals surface area contributed by atoms with E-state index < -0.39 is 0 Å². The van der Waals surface area contributed by atoms with Crippen LogP contribution in [0.3, 0.4) is 0 Å². The minimum atomic E-state index is 0.237. The maximum Gasteiger partial charge on any atom is 0.0725 e. The lowest BCUT2D eigenvalue weighted by Crippen LogP contribution is -2.36.